The van der Waals surface area contributed by atoms with E-state index in [0.29, 0.717) is 0 Å². The molecule has 1 aromatic heterocycles. The first kappa shape index (κ1) is 15.2. The Hall–Kier alpha value is -1.82. The molecule has 1 rings (SSSR count). The number of aliphatic hydroxyl groups is 1. The predicted molar refractivity (Wildman–Crippen MR) is 70.9 cm³/mol. The lowest BCUT2D eigenvalue weighted by atomic mass is 10.2. The third-order valence-corrected chi connectivity index (χ3v) is 2.19. The first-order valence-electron chi connectivity index (χ1n) is 6.08. The van der Waals surface area contributed by atoms with Gasteiger partial charge >= 0.3 is 6.09 Å². The minimum absolute atomic E-state index is 0.0241. The molecule has 0 spiro atoms. The molecule has 1 heterocycles. The van der Waals surface area contributed by atoms with Crippen LogP contribution in [0.4, 0.5) is 4.79 Å². The number of carbonyl (C=O) groups excluding carboxylic acids is 1. The first-order chi connectivity index (χ1) is 8.78. The summed E-state index contributed by atoms with van der Waals surface area (Å²) in [6, 6.07) is 4.74. The molecule has 0 fully saturated rings. The van der Waals surface area contributed by atoms with Gasteiger partial charge in [0.2, 0.25) is 0 Å². The van der Waals surface area contributed by atoms with Crippen molar-refractivity contribution in [2.75, 3.05) is 6.54 Å². The van der Waals surface area contributed by atoms with Crippen LogP contribution in [0.2, 0.25) is 0 Å². The van der Waals surface area contributed by atoms with Crippen LogP contribution in [0, 0.1) is 0 Å². The number of pyridine rings is 1. The summed E-state index contributed by atoms with van der Waals surface area (Å²) in [5, 5.41) is 12.2. The molecule has 0 aliphatic carbocycles. The van der Waals surface area contributed by atoms with Gasteiger partial charge < -0.3 is 19.7 Å². The normalized spacial score (nSPS) is 12.8. The third-order valence-electron chi connectivity index (χ3n) is 2.19. The molecule has 0 aliphatic rings. The summed E-state index contributed by atoms with van der Waals surface area (Å²) >= 11 is 0. The summed E-state index contributed by atoms with van der Waals surface area (Å²) in [4.78, 5) is 22.8. The minimum Gasteiger partial charge on any atom is -0.444 e. The van der Waals surface area contributed by atoms with Crippen LogP contribution >= 0.6 is 0 Å². The van der Waals surface area contributed by atoms with Gasteiger partial charge in [-0.1, -0.05) is 6.07 Å². The second-order valence-corrected chi connectivity index (χ2v) is 5.23. The van der Waals surface area contributed by atoms with E-state index in [1.807, 2.05) is 0 Å². The summed E-state index contributed by atoms with van der Waals surface area (Å²) in [6.45, 7) is 5.41. The number of rotatable bonds is 4. The molecule has 0 aliphatic heterocycles. The summed E-state index contributed by atoms with van der Waals surface area (Å²) < 4.78 is 6.41. The highest BCUT2D eigenvalue weighted by Crippen LogP contribution is 2.06. The van der Waals surface area contributed by atoms with Crippen molar-refractivity contribution >= 4 is 6.09 Å². The molecule has 1 unspecified atom stereocenters. The number of nitrogens with zero attached hydrogens (tertiary/aromatic N) is 1. The summed E-state index contributed by atoms with van der Waals surface area (Å²) in [6.07, 6.45) is 0.138. The van der Waals surface area contributed by atoms with Crippen LogP contribution in [0.3, 0.4) is 0 Å². The van der Waals surface area contributed by atoms with Crippen molar-refractivity contribution < 1.29 is 14.6 Å². The van der Waals surface area contributed by atoms with E-state index >= 15 is 0 Å². The Balaban J connectivity index is 2.40. The predicted octanol–water partition coefficient (Wildman–Crippen LogP) is 0.734. The van der Waals surface area contributed by atoms with Crippen molar-refractivity contribution in [3.63, 3.8) is 0 Å². The van der Waals surface area contributed by atoms with Gasteiger partial charge in [0.05, 0.1) is 12.6 Å². The average molecular weight is 268 g/mol. The number of nitrogens with one attached hydrogen (secondary N) is 1. The molecule has 1 aromatic rings. The maximum atomic E-state index is 11.4. The highest BCUT2D eigenvalue weighted by molar-refractivity contribution is 5.67. The van der Waals surface area contributed by atoms with Crippen molar-refractivity contribution in [1.82, 2.24) is 9.88 Å². The monoisotopic (exact) mass is 268 g/mol. The van der Waals surface area contributed by atoms with Gasteiger partial charge in [0.1, 0.15) is 5.60 Å². The molecule has 0 saturated carbocycles. The molecule has 1 amide bonds. The Morgan fingerprint density at radius 3 is 2.74 bits per heavy atom. The Bertz CT molecular complexity index is 476. The standard InChI is InChI=1S/C13H20N2O4/c1-13(2,3)19-12(18)14-8-10(16)9-15-7-5-4-6-11(15)17/h4-7,10,16H,8-9H2,1-3H3,(H,14,18). The smallest absolute Gasteiger partial charge is 0.407 e. The fraction of sp³-hybridized carbons (Fsp3) is 0.538. The van der Waals surface area contributed by atoms with Gasteiger partial charge in [-0.25, -0.2) is 4.79 Å². The molecule has 0 saturated heterocycles. The van der Waals surface area contributed by atoms with Crippen molar-refractivity contribution in [2.45, 2.75) is 39.0 Å². The summed E-state index contributed by atoms with van der Waals surface area (Å²) in [5.41, 5.74) is -0.774. The zero-order valence-corrected chi connectivity index (χ0v) is 11.4. The highest BCUT2D eigenvalue weighted by atomic mass is 16.6. The largest absolute Gasteiger partial charge is 0.444 e. The van der Waals surface area contributed by atoms with Gasteiger partial charge in [-0.2, -0.15) is 0 Å². The van der Waals surface area contributed by atoms with E-state index in [9.17, 15) is 14.7 Å². The van der Waals surface area contributed by atoms with Gasteiger partial charge in [0.15, 0.2) is 0 Å². The van der Waals surface area contributed by atoms with Crippen molar-refractivity contribution in [3.8, 4) is 0 Å². The van der Waals surface area contributed by atoms with E-state index in [4.69, 9.17) is 4.74 Å². The maximum Gasteiger partial charge on any atom is 0.407 e. The number of hydrogen-bond acceptors (Lipinski definition) is 4. The van der Waals surface area contributed by atoms with Crippen LogP contribution in [0.15, 0.2) is 29.2 Å². The van der Waals surface area contributed by atoms with Crippen LogP contribution in [0.25, 0.3) is 0 Å². The second-order valence-electron chi connectivity index (χ2n) is 5.23. The van der Waals surface area contributed by atoms with E-state index in [1.54, 1.807) is 39.1 Å². The first-order valence-corrected chi connectivity index (χ1v) is 6.08. The second kappa shape index (κ2) is 6.38. The zero-order valence-electron chi connectivity index (χ0n) is 11.4. The molecule has 0 aromatic carbocycles. The topological polar surface area (TPSA) is 80.6 Å². The molecule has 106 valence electrons. The Morgan fingerprint density at radius 2 is 2.16 bits per heavy atom. The third kappa shape index (κ3) is 6.05. The number of alkyl carbamates (subject to hydrolysis) is 1. The molecule has 6 heteroatoms. The Kier molecular flexibility index (Phi) is 5.11. The quantitative estimate of drug-likeness (QED) is 0.843. The fourth-order valence-electron chi connectivity index (χ4n) is 1.42. The lowest BCUT2D eigenvalue weighted by molar-refractivity contribution is 0.0484. The van der Waals surface area contributed by atoms with Gasteiger partial charge in [0.25, 0.3) is 5.56 Å². The number of ether oxygens (including phenoxy) is 1. The van der Waals surface area contributed by atoms with E-state index < -0.39 is 17.8 Å². The Labute approximate surface area is 112 Å². The molecule has 6 nitrogen and oxygen atoms in total. The SMILES string of the molecule is CC(C)(C)OC(=O)NCC(O)Cn1ccccc1=O. The Morgan fingerprint density at radius 1 is 1.47 bits per heavy atom. The number of aromatic nitrogens is 1. The number of hydrogen-bond donors (Lipinski definition) is 2. The van der Waals surface area contributed by atoms with E-state index in [1.165, 1.54) is 10.6 Å². The molecule has 0 bridgehead atoms. The van der Waals surface area contributed by atoms with E-state index in [0.717, 1.165) is 0 Å². The molecular weight excluding hydrogens is 248 g/mol. The van der Waals surface area contributed by atoms with Gasteiger partial charge in [0, 0.05) is 18.8 Å². The number of amides is 1. The minimum atomic E-state index is -0.854. The van der Waals surface area contributed by atoms with Crippen LogP contribution in [0.1, 0.15) is 20.8 Å². The maximum absolute atomic E-state index is 11.4. The lowest BCUT2D eigenvalue weighted by Crippen LogP contribution is -2.39. The lowest BCUT2D eigenvalue weighted by Gasteiger charge is -2.20. The van der Waals surface area contributed by atoms with Crippen molar-refractivity contribution in [1.29, 1.82) is 0 Å². The van der Waals surface area contributed by atoms with Crippen LogP contribution in [-0.4, -0.2) is 34.0 Å². The fourth-order valence-corrected chi connectivity index (χ4v) is 1.42. The van der Waals surface area contributed by atoms with Gasteiger partial charge in [-0.15, -0.1) is 0 Å². The van der Waals surface area contributed by atoms with Crippen LogP contribution < -0.4 is 10.9 Å². The number of carbonyl (C=O) groups is 1. The van der Waals surface area contributed by atoms with Gasteiger partial charge in [-0.05, 0) is 26.8 Å². The average Bonchev–Trinajstić information content (AvgIpc) is 2.27. The number of aliphatic hydroxyl groups excluding tert-OH is 1. The van der Waals surface area contributed by atoms with Crippen molar-refractivity contribution in [2.24, 2.45) is 0 Å². The van der Waals surface area contributed by atoms with Crippen LogP contribution in [0.5, 0.6) is 0 Å². The summed E-state index contributed by atoms with van der Waals surface area (Å²) in [7, 11) is 0. The zero-order chi connectivity index (χ0) is 14.5. The molecular formula is C13H20N2O4. The van der Waals surface area contributed by atoms with Crippen molar-refractivity contribution in [3.05, 3.63) is 34.7 Å². The molecule has 19 heavy (non-hydrogen) atoms. The van der Waals surface area contributed by atoms with Gasteiger partial charge in [-0.3, -0.25) is 4.79 Å². The molecule has 0 radical (unpaired) electrons. The van der Waals surface area contributed by atoms with E-state index in [2.05, 4.69) is 5.32 Å². The van der Waals surface area contributed by atoms with E-state index in [-0.39, 0.29) is 18.6 Å². The highest BCUT2D eigenvalue weighted by Gasteiger charge is 2.16. The van der Waals surface area contributed by atoms with Crippen LogP contribution in [-0.2, 0) is 11.3 Å². The molecule has 1 atom stereocenters. The summed E-state index contributed by atoms with van der Waals surface area (Å²) in [5.74, 6) is 0. The molecule has 2 N–H and O–H groups in total.